The van der Waals surface area contributed by atoms with Gasteiger partial charge < -0.3 is 19.1 Å². The monoisotopic (exact) mass is 332 g/mol. The lowest BCUT2D eigenvalue weighted by molar-refractivity contribution is 0.0467. The first kappa shape index (κ1) is 16.1. The third-order valence-electron chi connectivity index (χ3n) is 5.44. The average Bonchev–Trinajstić information content (AvgIpc) is 3.35. The molecule has 6 heteroatoms. The number of nitrogens with zero attached hydrogens (tertiary/aromatic N) is 4. The minimum atomic E-state index is 0.0639. The third kappa shape index (κ3) is 3.64. The smallest absolute Gasteiger partial charge is 0.293 e. The van der Waals surface area contributed by atoms with Gasteiger partial charge in [-0.1, -0.05) is 6.42 Å². The van der Waals surface area contributed by atoms with Crippen LogP contribution in [-0.4, -0.2) is 59.9 Å². The van der Waals surface area contributed by atoms with Crippen molar-refractivity contribution in [3.05, 3.63) is 22.7 Å². The Morgan fingerprint density at radius 2 is 1.96 bits per heavy atom. The average molecular weight is 332 g/mol. The molecular weight excluding hydrogens is 304 g/mol. The van der Waals surface area contributed by atoms with Gasteiger partial charge in [0.1, 0.15) is 0 Å². The van der Waals surface area contributed by atoms with Crippen molar-refractivity contribution in [3.63, 3.8) is 0 Å². The summed E-state index contributed by atoms with van der Waals surface area (Å²) in [5.74, 6) is 0.603. The van der Waals surface area contributed by atoms with Crippen LogP contribution < -0.4 is 10.5 Å². The molecular formula is C18H28N4O2. The zero-order chi connectivity index (χ0) is 16.4. The molecule has 3 heterocycles. The van der Waals surface area contributed by atoms with Crippen LogP contribution in [-0.2, 0) is 4.74 Å². The molecule has 1 unspecified atom stereocenters. The number of hydrogen-bond donors (Lipinski definition) is 0. The summed E-state index contributed by atoms with van der Waals surface area (Å²) < 4.78 is 7.92. The van der Waals surface area contributed by atoms with Crippen LogP contribution in [0.5, 0.6) is 0 Å². The number of rotatable bonds is 6. The van der Waals surface area contributed by atoms with Crippen LogP contribution in [0, 0.1) is 0 Å². The van der Waals surface area contributed by atoms with Crippen molar-refractivity contribution >= 4 is 5.82 Å². The molecule has 0 amide bonds. The molecule has 1 aromatic rings. The fourth-order valence-electron chi connectivity index (χ4n) is 3.86. The van der Waals surface area contributed by atoms with Gasteiger partial charge in [-0.05, 0) is 45.2 Å². The number of ether oxygens (including phenoxy) is 1. The van der Waals surface area contributed by atoms with Gasteiger partial charge in [0.2, 0.25) is 0 Å². The van der Waals surface area contributed by atoms with E-state index in [2.05, 4.69) is 14.8 Å². The van der Waals surface area contributed by atoms with Crippen LogP contribution in [0.4, 0.5) is 5.82 Å². The molecule has 1 atom stereocenters. The van der Waals surface area contributed by atoms with Gasteiger partial charge in [0.25, 0.3) is 5.56 Å². The molecule has 1 aromatic heterocycles. The lowest BCUT2D eigenvalue weighted by Gasteiger charge is -2.26. The van der Waals surface area contributed by atoms with Gasteiger partial charge in [-0.25, -0.2) is 4.98 Å². The molecule has 3 aliphatic rings. The number of likely N-dealkylation sites (tertiary alicyclic amines) is 1. The standard InChI is InChI=1S/C18H28N4O2/c23-18-17(19-7-11-22(18)15-4-5-15)21-10-6-16(14-21)24-13-12-20-8-2-1-3-9-20/h7,11,15-16H,1-6,8-10,12-14H2. The molecule has 4 rings (SSSR count). The van der Waals surface area contributed by atoms with Crippen molar-refractivity contribution in [1.82, 2.24) is 14.5 Å². The Kier molecular flexibility index (Phi) is 4.85. The minimum absolute atomic E-state index is 0.0639. The molecule has 6 nitrogen and oxygen atoms in total. The topological polar surface area (TPSA) is 50.6 Å². The molecule has 1 aliphatic carbocycles. The fraction of sp³-hybridized carbons (Fsp3) is 0.778. The molecule has 0 bridgehead atoms. The largest absolute Gasteiger partial charge is 0.375 e. The molecule has 1 saturated carbocycles. The van der Waals surface area contributed by atoms with Gasteiger partial charge in [0, 0.05) is 38.1 Å². The number of anilines is 1. The van der Waals surface area contributed by atoms with Crippen molar-refractivity contribution < 1.29 is 4.74 Å². The summed E-state index contributed by atoms with van der Waals surface area (Å²) >= 11 is 0. The van der Waals surface area contributed by atoms with E-state index >= 15 is 0 Å². The van der Waals surface area contributed by atoms with Crippen molar-refractivity contribution in [2.24, 2.45) is 0 Å². The van der Waals surface area contributed by atoms with E-state index in [-0.39, 0.29) is 11.7 Å². The van der Waals surface area contributed by atoms with E-state index in [0.29, 0.717) is 11.9 Å². The van der Waals surface area contributed by atoms with Crippen LogP contribution >= 0.6 is 0 Å². The van der Waals surface area contributed by atoms with Crippen LogP contribution in [0.3, 0.4) is 0 Å². The Bertz CT molecular complexity index is 607. The maximum absolute atomic E-state index is 12.6. The SMILES string of the molecule is O=c1c(N2CCC(OCCN3CCCCC3)C2)nccn1C1CC1. The molecule has 0 N–H and O–H groups in total. The highest BCUT2D eigenvalue weighted by molar-refractivity contribution is 5.37. The highest BCUT2D eigenvalue weighted by Crippen LogP contribution is 2.33. The van der Waals surface area contributed by atoms with E-state index in [4.69, 9.17) is 4.74 Å². The molecule has 0 spiro atoms. The Labute approximate surface area is 143 Å². The molecule has 0 aromatic carbocycles. The molecule has 2 saturated heterocycles. The molecule has 132 valence electrons. The maximum atomic E-state index is 12.6. The number of hydrogen-bond acceptors (Lipinski definition) is 5. The van der Waals surface area contributed by atoms with Crippen molar-refractivity contribution in [2.45, 2.75) is 50.7 Å². The maximum Gasteiger partial charge on any atom is 0.293 e. The summed E-state index contributed by atoms with van der Waals surface area (Å²) in [5, 5.41) is 0. The number of aromatic nitrogens is 2. The Morgan fingerprint density at radius 3 is 2.75 bits per heavy atom. The quantitative estimate of drug-likeness (QED) is 0.793. The third-order valence-corrected chi connectivity index (χ3v) is 5.44. The van der Waals surface area contributed by atoms with E-state index in [1.807, 2.05) is 10.8 Å². The highest BCUT2D eigenvalue weighted by atomic mass is 16.5. The molecule has 3 fully saturated rings. The van der Waals surface area contributed by atoms with E-state index in [1.165, 1.54) is 32.4 Å². The van der Waals surface area contributed by atoms with Crippen molar-refractivity contribution in [2.75, 3.05) is 44.2 Å². The Balaban J connectivity index is 1.28. The Hall–Kier alpha value is -1.40. The van der Waals surface area contributed by atoms with E-state index in [0.717, 1.165) is 45.5 Å². The van der Waals surface area contributed by atoms with Crippen molar-refractivity contribution in [3.8, 4) is 0 Å². The zero-order valence-electron chi connectivity index (χ0n) is 14.4. The summed E-state index contributed by atoms with van der Waals surface area (Å²) in [6, 6.07) is 0.401. The first-order valence-corrected chi connectivity index (χ1v) is 9.47. The first-order valence-electron chi connectivity index (χ1n) is 9.47. The predicted octanol–water partition coefficient (Wildman–Crippen LogP) is 1.66. The molecule has 24 heavy (non-hydrogen) atoms. The van der Waals surface area contributed by atoms with Crippen molar-refractivity contribution in [1.29, 1.82) is 0 Å². The highest BCUT2D eigenvalue weighted by Gasteiger charge is 2.29. The zero-order valence-corrected chi connectivity index (χ0v) is 14.4. The van der Waals surface area contributed by atoms with Crippen LogP contribution in [0.15, 0.2) is 17.2 Å². The van der Waals surface area contributed by atoms with Crippen LogP contribution in [0.1, 0.15) is 44.6 Å². The summed E-state index contributed by atoms with van der Waals surface area (Å²) in [5.41, 5.74) is 0.0639. The van der Waals surface area contributed by atoms with Gasteiger partial charge >= 0.3 is 0 Å². The van der Waals surface area contributed by atoms with Gasteiger partial charge in [0.15, 0.2) is 5.82 Å². The van der Waals surface area contributed by atoms with E-state index in [9.17, 15) is 4.79 Å². The molecule has 2 aliphatic heterocycles. The van der Waals surface area contributed by atoms with Gasteiger partial charge in [-0.3, -0.25) is 4.79 Å². The summed E-state index contributed by atoms with van der Waals surface area (Å²) in [6.45, 7) is 5.92. The van der Waals surface area contributed by atoms with Gasteiger partial charge in [0.05, 0.1) is 12.7 Å². The lowest BCUT2D eigenvalue weighted by atomic mass is 10.1. The minimum Gasteiger partial charge on any atom is -0.375 e. The Morgan fingerprint density at radius 1 is 1.12 bits per heavy atom. The summed E-state index contributed by atoms with van der Waals surface area (Å²) in [4.78, 5) is 21.5. The lowest BCUT2D eigenvalue weighted by Crippen LogP contribution is -2.35. The van der Waals surface area contributed by atoms with Crippen LogP contribution in [0.25, 0.3) is 0 Å². The van der Waals surface area contributed by atoms with Gasteiger partial charge in [-0.2, -0.15) is 0 Å². The fourth-order valence-corrected chi connectivity index (χ4v) is 3.86. The van der Waals surface area contributed by atoms with E-state index < -0.39 is 0 Å². The number of piperidine rings is 1. The second kappa shape index (κ2) is 7.23. The first-order chi connectivity index (χ1) is 11.8. The van der Waals surface area contributed by atoms with Crippen LogP contribution in [0.2, 0.25) is 0 Å². The normalized spacial score (nSPS) is 25.3. The van der Waals surface area contributed by atoms with Gasteiger partial charge in [-0.15, -0.1) is 0 Å². The van der Waals surface area contributed by atoms with E-state index in [1.54, 1.807) is 6.20 Å². The summed E-state index contributed by atoms with van der Waals surface area (Å²) in [7, 11) is 0. The second-order valence-corrected chi connectivity index (χ2v) is 7.32. The predicted molar refractivity (Wildman–Crippen MR) is 93.6 cm³/mol. The summed E-state index contributed by atoms with van der Waals surface area (Å²) in [6.07, 6.45) is 11.1. The molecule has 0 radical (unpaired) electrons. The second-order valence-electron chi connectivity index (χ2n) is 7.32.